The summed E-state index contributed by atoms with van der Waals surface area (Å²) in [6.07, 6.45) is 14.9. The van der Waals surface area contributed by atoms with Crippen LogP contribution in [-0.4, -0.2) is 36.6 Å². The number of methoxy groups -OCH3 is 1. The molecular weight excluding hydrogens is 514 g/mol. The highest BCUT2D eigenvalue weighted by Crippen LogP contribution is 2.77. The smallest absolute Gasteiger partial charge is 0.337 e. The van der Waals surface area contributed by atoms with Gasteiger partial charge in [0.05, 0.1) is 12.7 Å². The van der Waals surface area contributed by atoms with E-state index in [0.717, 1.165) is 17.8 Å². The minimum atomic E-state index is -0.261. The molecule has 4 saturated carbocycles. The second-order valence-electron chi connectivity index (χ2n) is 16.9. The fraction of sp³-hybridized carbons (Fsp3) is 0.718. The third-order valence-corrected chi connectivity index (χ3v) is 15.3. The van der Waals surface area contributed by atoms with Gasteiger partial charge in [-0.2, -0.15) is 0 Å². The Bertz CT molecular complexity index is 1320. The number of esters is 1. The summed E-state index contributed by atoms with van der Waals surface area (Å²) in [5.74, 6) is 3.52. The number of benzene rings is 1. The van der Waals surface area contributed by atoms with Gasteiger partial charge < -0.3 is 4.74 Å². The fourth-order valence-corrected chi connectivity index (χ4v) is 13.1. The summed E-state index contributed by atoms with van der Waals surface area (Å²) >= 11 is 0. The molecule has 0 radical (unpaired) electrons. The molecule has 9 atom stereocenters. The molecule has 1 unspecified atom stereocenters. The minimum Gasteiger partial charge on any atom is -0.465 e. The maximum Gasteiger partial charge on any atom is 0.337 e. The molecule has 7 rings (SSSR count). The van der Waals surface area contributed by atoms with Gasteiger partial charge in [0.25, 0.3) is 0 Å². The molecule has 3 nitrogen and oxygen atoms in total. The number of hydrogen-bond acceptors (Lipinski definition) is 3. The SMILES string of the molecule is C=C(C)[C@@H]1CC[C@]2(N3CC3)CC[C@]3(C)[C@H](CCC4[C@@]5(C)CC=C(c6ccc(C(=O)OC)cc6)C(C)(C)[C@@H]5CC[C@]43C)[C@@H]12. The van der Waals surface area contributed by atoms with E-state index in [1.165, 1.54) is 94.7 Å². The van der Waals surface area contributed by atoms with Crippen molar-refractivity contribution in [3.63, 3.8) is 0 Å². The summed E-state index contributed by atoms with van der Waals surface area (Å²) in [6.45, 7) is 22.8. The van der Waals surface area contributed by atoms with Gasteiger partial charge in [-0.05, 0) is 139 Å². The Labute approximate surface area is 255 Å². The van der Waals surface area contributed by atoms with Crippen molar-refractivity contribution in [2.24, 2.45) is 51.2 Å². The highest BCUT2D eigenvalue weighted by atomic mass is 16.5. The Morgan fingerprint density at radius 1 is 0.881 bits per heavy atom. The van der Waals surface area contributed by atoms with E-state index < -0.39 is 0 Å². The number of fused-ring (bicyclic) bond motifs is 7. The van der Waals surface area contributed by atoms with Gasteiger partial charge in [0.1, 0.15) is 0 Å². The first-order chi connectivity index (χ1) is 19.8. The van der Waals surface area contributed by atoms with Crippen molar-refractivity contribution in [2.45, 2.75) is 105 Å². The second kappa shape index (κ2) is 9.32. The van der Waals surface area contributed by atoms with Crippen molar-refractivity contribution in [3.8, 4) is 0 Å². The maximum atomic E-state index is 12.1. The number of carbonyl (C=O) groups is 1. The Kier molecular flexibility index (Phi) is 6.41. The van der Waals surface area contributed by atoms with E-state index in [9.17, 15) is 4.79 Å². The normalized spacial score (nSPS) is 45.5. The van der Waals surface area contributed by atoms with E-state index in [-0.39, 0.29) is 11.4 Å². The molecule has 1 saturated heterocycles. The van der Waals surface area contributed by atoms with E-state index in [1.54, 1.807) is 0 Å². The summed E-state index contributed by atoms with van der Waals surface area (Å²) in [7, 11) is 1.45. The largest absolute Gasteiger partial charge is 0.465 e. The summed E-state index contributed by atoms with van der Waals surface area (Å²) in [5, 5.41) is 0. The van der Waals surface area contributed by atoms with Gasteiger partial charge in [-0.3, -0.25) is 4.90 Å². The number of carbonyl (C=O) groups excluding carboxylic acids is 1. The van der Waals surface area contributed by atoms with Crippen LogP contribution in [0, 0.1) is 51.2 Å². The van der Waals surface area contributed by atoms with Crippen LogP contribution < -0.4 is 0 Å². The predicted octanol–water partition coefficient (Wildman–Crippen LogP) is 9.19. The van der Waals surface area contributed by atoms with E-state index in [0.29, 0.717) is 39.2 Å². The molecule has 0 spiro atoms. The molecule has 1 heterocycles. The lowest BCUT2D eigenvalue weighted by Crippen LogP contribution is -2.67. The van der Waals surface area contributed by atoms with Crippen LogP contribution in [0.2, 0.25) is 0 Å². The Hall–Kier alpha value is -1.87. The van der Waals surface area contributed by atoms with E-state index in [4.69, 9.17) is 4.74 Å². The molecular formula is C39H55NO2. The molecule has 228 valence electrons. The van der Waals surface area contributed by atoms with Crippen molar-refractivity contribution >= 4 is 11.5 Å². The van der Waals surface area contributed by atoms with Crippen LogP contribution in [0.5, 0.6) is 0 Å². The Morgan fingerprint density at radius 3 is 2.24 bits per heavy atom. The molecule has 42 heavy (non-hydrogen) atoms. The standard InChI is InChI=1S/C39H55NO2/c1-25(2)28-15-20-39(40-23-24-40)22-21-37(6)30(33(28)39)13-14-32-36(5)18-16-29(26-9-11-27(12-10-26)34(41)42-8)35(3,4)31(36)17-19-38(32,37)7/h9-12,16,28,30-33H,1,13-15,17-24H2,2-8H3/t28-,30+,31-,32?,33+,36-,37+,38+,39-/m0/s1. The summed E-state index contributed by atoms with van der Waals surface area (Å²) in [5.41, 5.74) is 6.50. The zero-order valence-electron chi connectivity index (χ0n) is 27.5. The Morgan fingerprint density at radius 2 is 1.60 bits per heavy atom. The first kappa shape index (κ1) is 28.9. The van der Waals surface area contributed by atoms with Crippen molar-refractivity contribution in [2.75, 3.05) is 20.2 Å². The van der Waals surface area contributed by atoms with Crippen molar-refractivity contribution < 1.29 is 9.53 Å². The Balaban J connectivity index is 1.23. The predicted molar refractivity (Wildman–Crippen MR) is 172 cm³/mol. The molecule has 1 aromatic rings. The van der Waals surface area contributed by atoms with Gasteiger partial charge in [-0.25, -0.2) is 4.79 Å². The van der Waals surface area contributed by atoms with Crippen molar-refractivity contribution in [1.29, 1.82) is 0 Å². The topological polar surface area (TPSA) is 29.3 Å². The summed E-state index contributed by atoms with van der Waals surface area (Å²) < 4.78 is 4.95. The molecule has 5 aliphatic carbocycles. The molecule has 0 bridgehead atoms. The minimum absolute atomic E-state index is 0.0936. The summed E-state index contributed by atoms with van der Waals surface area (Å²) in [4.78, 5) is 15.0. The van der Waals surface area contributed by atoms with E-state index >= 15 is 0 Å². The van der Waals surface area contributed by atoms with Crippen LogP contribution in [0.3, 0.4) is 0 Å². The first-order valence-corrected chi connectivity index (χ1v) is 17.1. The molecule has 3 heteroatoms. The third-order valence-electron chi connectivity index (χ3n) is 15.3. The zero-order valence-corrected chi connectivity index (χ0v) is 27.5. The number of nitrogens with zero attached hydrogens (tertiary/aromatic N) is 1. The maximum absolute atomic E-state index is 12.1. The third kappa shape index (κ3) is 3.64. The van der Waals surface area contributed by atoms with Gasteiger partial charge in [0.15, 0.2) is 0 Å². The number of hydrogen-bond donors (Lipinski definition) is 0. The molecule has 0 amide bonds. The van der Waals surface area contributed by atoms with E-state index in [1.807, 2.05) is 12.1 Å². The molecule has 1 aromatic carbocycles. The zero-order chi connectivity index (χ0) is 29.9. The first-order valence-electron chi connectivity index (χ1n) is 17.1. The van der Waals surface area contributed by atoms with Crippen LogP contribution in [-0.2, 0) is 4.74 Å². The van der Waals surface area contributed by atoms with Crippen molar-refractivity contribution in [1.82, 2.24) is 4.90 Å². The van der Waals surface area contributed by atoms with Crippen LogP contribution >= 0.6 is 0 Å². The fourth-order valence-electron chi connectivity index (χ4n) is 13.1. The summed E-state index contributed by atoms with van der Waals surface area (Å²) in [6, 6.07) is 8.17. The second-order valence-corrected chi connectivity index (χ2v) is 16.9. The van der Waals surface area contributed by atoms with E-state index in [2.05, 4.69) is 71.2 Å². The van der Waals surface area contributed by atoms with Crippen LogP contribution in [0.25, 0.3) is 5.57 Å². The van der Waals surface area contributed by atoms with Crippen LogP contribution in [0.1, 0.15) is 115 Å². The average molecular weight is 570 g/mol. The highest BCUT2D eigenvalue weighted by Gasteiger charge is 2.71. The lowest BCUT2D eigenvalue weighted by molar-refractivity contribution is -0.223. The number of rotatable bonds is 4. The lowest BCUT2D eigenvalue weighted by atomic mass is 9.33. The van der Waals surface area contributed by atoms with Gasteiger partial charge in [-0.15, -0.1) is 0 Å². The molecule has 0 N–H and O–H groups in total. The molecule has 5 fully saturated rings. The molecule has 0 aromatic heterocycles. The average Bonchev–Trinajstić information content (AvgIpc) is 3.73. The van der Waals surface area contributed by atoms with Crippen LogP contribution in [0.15, 0.2) is 42.5 Å². The molecule has 6 aliphatic rings. The monoisotopic (exact) mass is 569 g/mol. The number of allylic oxidation sites excluding steroid dienone is 3. The van der Waals surface area contributed by atoms with Gasteiger partial charge in [-0.1, -0.05) is 65.0 Å². The quantitative estimate of drug-likeness (QED) is 0.206. The lowest BCUT2D eigenvalue weighted by Gasteiger charge is -2.72. The van der Waals surface area contributed by atoms with Crippen molar-refractivity contribution in [3.05, 3.63) is 53.6 Å². The van der Waals surface area contributed by atoms with Gasteiger partial charge in [0.2, 0.25) is 0 Å². The molecule has 1 aliphatic heterocycles. The number of ether oxygens (including phenoxy) is 1. The van der Waals surface area contributed by atoms with Gasteiger partial charge in [0, 0.05) is 18.6 Å². The van der Waals surface area contributed by atoms with Gasteiger partial charge >= 0.3 is 5.97 Å². The highest BCUT2D eigenvalue weighted by molar-refractivity contribution is 5.89. The van der Waals surface area contributed by atoms with Crippen LogP contribution in [0.4, 0.5) is 0 Å².